The van der Waals surface area contributed by atoms with Gasteiger partial charge in [0.15, 0.2) is 0 Å². The van der Waals surface area contributed by atoms with Crippen LogP contribution in [0.5, 0.6) is 0 Å². The van der Waals surface area contributed by atoms with Gasteiger partial charge in [-0.25, -0.2) is 0 Å². The van der Waals surface area contributed by atoms with Crippen LogP contribution in [0.2, 0.25) is 0 Å². The van der Waals surface area contributed by atoms with Crippen molar-refractivity contribution < 1.29 is 9.21 Å². The topological polar surface area (TPSA) is 68.0 Å². The van der Waals surface area contributed by atoms with Crippen LogP contribution in [0.4, 0.5) is 0 Å². The fourth-order valence-corrected chi connectivity index (χ4v) is 2.85. The van der Waals surface area contributed by atoms with Crippen LogP contribution in [-0.4, -0.2) is 21.4 Å². The minimum Gasteiger partial charge on any atom is -0.415 e. The molecule has 2 rings (SSSR count). The van der Waals surface area contributed by atoms with E-state index in [9.17, 15) is 4.79 Å². The summed E-state index contributed by atoms with van der Waals surface area (Å²) in [4.78, 5) is 13.2. The third-order valence-corrected chi connectivity index (χ3v) is 4.52. The van der Waals surface area contributed by atoms with E-state index in [2.05, 4.69) is 15.5 Å². The molecule has 0 aliphatic rings. The average Bonchev–Trinajstić information content (AvgIpc) is 3.05. The monoisotopic (exact) mass is 325 g/mol. The van der Waals surface area contributed by atoms with E-state index in [0.29, 0.717) is 17.7 Å². The Morgan fingerprint density at radius 1 is 1.48 bits per heavy atom. The summed E-state index contributed by atoms with van der Waals surface area (Å²) < 4.78 is 5.58. The van der Waals surface area contributed by atoms with Crippen molar-refractivity contribution in [3.8, 4) is 0 Å². The zero-order chi connectivity index (χ0) is 15.5. The Morgan fingerprint density at radius 2 is 2.24 bits per heavy atom. The molecule has 21 heavy (non-hydrogen) atoms. The average molecular weight is 325 g/mol. The number of thiophene rings is 1. The second-order valence-electron chi connectivity index (χ2n) is 5.68. The maximum Gasteiger partial charge on any atom is 0.277 e. The van der Waals surface area contributed by atoms with E-state index in [-0.39, 0.29) is 16.6 Å². The molecular formula is C14H19N3O2S2. The number of hydrogen-bond acceptors (Lipinski definition) is 6. The Bertz CT molecular complexity index is 588. The molecule has 1 atom stereocenters. The van der Waals surface area contributed by atoms with Gasteiger partial charge in [0.2, 0.25) is 11.8 Å². The zero-order valence-corrected chi connectivity index (χ0v) is 14.2. The lowest BCUT2D eigenvalue weighted by Crippen LogP contribution is -2.30. The lowest BCUT2D eigenvalue weighted by Gasteiger charge is -2.11. The second kappa shape index (κ2) is 6.62. The van der Waals surface area contributed by atoms with Gasteiger partial charge in [-0.3, -0.25) is 4.79 Å². The molecule has 1 N–H and O–H groups in total. The van der Waals surface area contributed by atoms with Crippen LogP contribution in [-0.2, 0) is 16.8 Å². The lowest BCUT2D eigenvalue weighted by atomic mass is 9.97. The van der Waals surface area contributed by atoms with Crippen LogP contribution in [0.3, 0.4) is 0 Å². The molecule has 0 aliphatic heterocycles. The molecule has 0 aromatic carbocycles. The summed E-state index contributed by atoms with van der Waals surface area (Å²) in [6.07, 6.45) is 0. The van der Waals surface area contributed by atoms with E-state index in [1.54, 1.807) is 11.3 Å². The lowest BCUT2D eigenvalue weighted by molar-refractivity contribution is -0.120. The van der Waals surface area contributed by atoms with Crippen LogP contribution in [0.15, 0.2) is 27.2 Å². The van der Waals surface area contributed by atoms with Gasteiger partial charge >= 0.3 is 0 Å². The Morgan fingerprint density at radius 3 is 2.81 bits per heavy atom. The zero-order valence-electron chi connectivity index (χ0n) is 12.5. The first-order chi connectivity index (χ1) is 9.86. The van der Waals surface area contributed by atoms with Gasteiger partial charge < -0.3 is 9.73 Å². The number of amides is 1. The fraction of sp³-hybridized carbons (Fsp3) is 0.500. The van der Waals surface area contributed by atoms with Crippen LogP contribution < -0.4 is 5.32 Å². The Labute approximate surface area is 132 Å². The standard InChI is InChI=1S/C14H19N3O2S2/c1-9(11(18)15-8-10-6-5-7-20-10)21-13-17-16-12(19-13)14(2,3)4/h5-7,9H,8H2,1-4H3,(H,15,18)/t9-/m1/s1. The van der Waals surface area contributed by atoms with Gasteiger partial charge in [-0.1, -0.05) is 38.6 Å². The van der Waals surface area contributed by atoms with E-state index in [0.717, 1.165) is 4.88 Å². The van der Waals surface area contributed by atoms with Crippen molar-refractivity contribution in [2.45, 2.75) is 50.1 Å². The Hall–Kier alpha value is -1.34. The molecule has 0 radical (unpaired) electrons. The summed E-state index contributed by atoms with van der Waals surface area (Å²) in [5.74, 6) is 0.542. The smallest absolute Gasteiger partial charge is 0.277 e. The molecule has 1 amide bonds. The molecule has 0 saturated carbocycles. The first-order valence-electron chi connectivity index (χ1n) is 6.67. The maximum atomic E-state index is 12.0. The molecule has 5 nitrogen and oxygen atoms in total. The number of rotatable bonds is 5. The summed E-state index contributed by atoms with van der Waals surface area (Å²) in [6, 6.07) is 3.97. The molecule has 0 aliphatic carbocycles. The molecule has 0 unspecified atom stereocenters. The number of carbonyl (C=O) groups is 1. The van der Waals surface area contributed by atoms with Crippen molar-refractivity contribution >= 4 is 29.0 Å². The van der Waals surface area contributed by atoms with Gasteiger partial charge in [0, 0.05) is 10.3 Å². The molecule has 2 aromatic rings. The van der Waals surface area contributed by atoms with Crippen LogP contribution in [0.1, 0.15) is 38.5 Å². The van der Waals surface area contributed by atoms with Gasteiger partial charge in [-0.15, -0.1) is 21.5 Å². The summed E-state index contributed by atoms with van der Waals surface area (Å²) >= 11 is 2.90. The molecule has 0 fully saturated rings. The minimum atomic E-state index is -0.279. The van der Waals surface area contributed by atoms with Gasteiger partial charge in [0.05, 0.1) is 11.8 Å². The highest BCUT2D eigenvalue weighted by atomic mass is 32.2. The molecular weight excluding hydrogens is 306 g/mol. The van der Waals surface area contributed by atoms with Gasteiger partial charge in [-0.05, 0) is 18.4 Å². The van der Waals surface area contributed by atoms with Crippen molar-refractivity contribution in [3.63, 3.8) is 0 Å². The summed E-state index contributed by atoms with van der Waals surface area (Å²) in [6.45, 7) is 8.40. The highest BCUT2D eigenvalue weighted by Crippen LogP contribution is 2.27. The number of hydrogen-bond donors (Lipinski definition) is 1. The largest absolute Gasteiger partial charge is 0.415 e. The summed E-state index contributed by atoms with van der Waals surface area (Å²) in [7, 11) is 0. The van der Waals surface area contributed by atoms with E-state index in [4.69, 9.17) is 4.42 Å². The van der Waals surface area contributed by atoms with Crippen LogP contribution in [0, 0.1) is 0 Å². The predicted octanol–water partition coefficient (Wildman–Crippen LogP) is 3.23. The fourth-order valence-electron chi connectivity index (χ4n) is 1.50. The highest BCUT2D eigenvalue weighted by molar-refractivity contribution is 8.00. The van der Waals surface area contributed by atoms with Gasteiger partial charge in [0.1, 0.15) is 0 Å². The molecule has 0 spiro atoms. The van der Waals surface area contributed by atoms with Crippen molar-refractivity contribution in [1.82, 2.24) is 15.5 Å². The minimum absolute atomic E-state index is 0.0380. The number of thioether (sulfide) groups is 1. The number of carbonyl (C=O) groups excluding carboxylic acids is 1. The number of nitrogens with zero attached hydrogens (tertiary/aromatic N) is 2. The first kappa shape index (κ1) is 16.0. The van der Waals surface area contributed by atoms with E-state index in [1.807, 2.05) is 45.2 Å². The van der Waals surface area contributed by atoms with Gasteiger partial charge in [0.25, 0.3) is 5.22 Å². The quantitative estimate of drug-likeness (QED) is 0.855. The normalized spacial score (nSPS) is 13.1. The van der Waals surface area contributed by atoms with E-state index < -0.39 is 0 Å². The molecule has 7 heteroatoms. The third kappa shape index (κ3) is 4.57. The third-order valence-electron chi connectivity index (χ3n) is 2.71. The molecule has 2 aromatic heterocycles. The van der Waals surface area contributed by atoms with Crippen molar-refractivity contribution in [2.24, 2.45) is 0 Å². The van der Waals surface area contributed by atoms with Gasteiger partial charge in [-0.2, -0.15) is 0 Å². The maximum absolute atomic E-state index is 12.0. The van der Waals surface area contributed by atoms with Crippen molar-refractivity contribution in [3.05, 3.63) is 28.3 Å². The van der Waals surface area contributed by atoms with Crippen LogP contribution in [0.25, 0.3) is 0 Å². The second-order valence-corrected chi connectivity index (χ2v) is 8.00. The Balaban J connectivity index is 1.87. The molecule has 0 saturated heterocycles. The van der Waals surface area contributed by atoms with Crippen molar-refractivity contribution in [1.29, 1.82) is 0 Å². The number of aromatic nitrogens is 2. The molecule has 114 valence electrons. The Kier molecular flexibility index (Phi) is 5.05. The molecule has 2 heterocycles. The number of nitrogens with one attached hydrogen (secondary N) is 1. The SMILES string of the molecule is C[C@@H](Sc1nnc(C(C)(C)C)o1)C(=O)NCc1cccs1. The van der Waals surface area contributed by atoms with E-state index in [1.165, 1.54) is 11.8 Å². The summed E-state index contributed by atoms with van der Waals surface area (Å²) in [5, 5.41) is 13.0. The van der Waals surface area contributed by atoms with Crippen molar-refractivity contribution in [2.75, 3.05) is 0 Å². The predicted molar refractivity (Wildman–Crippen MR) is 84.5 cm³/mol. The highest BCUT2D eigenvalue weighted by Gasteiger charge is 2.23. The van der Waals surface area contributed by atoms with E-state index >= 15 is 0 Å². The first-order valence-corrected chi connectivity index (χ1v) is 8.43. The van der Waals surface area contributed by atoms with Crippen LogP contribution >= 0.6 is 23.1 Å². The summed E-state index contributed by atoms with van der Waals surface area (Å²) in [5.41, 5.74) is -0.184. The molecule has 0 bridgehead atoms.